The van der Waals surface area contributed by atoms with Crippen LogP contribution in [0.5, 0.6) is 11.5 Å². The van der Waals surface area contributed by atoms with E-state index in [0.717, 1.165) is 22.9 Å². The Balaban J connectivity index is 1.43. The van der Waals surface area contributed by atoms with Crippen LogP contribution in [0.15, 0.2) is 115 Å². The summed E-state index contributed by atoms with van der Waals surface area (Å²) in [5.41, 5.74) is 16.4. The summed E-state index contributed by atoms with van der Waals surface area (Å²) in [4.78, 5) is 2.55. The molecule has 0 fully saturated rings. The summed E-state index contributed by atoms with van der Waals surface area (Å²) in [5, 5.41) is 2.59. The number of hydrogen-bond acceptors (Lipinski definition) is 2. The molecule has 4 heteroatoms. The van der Waals surface area contributed by atoms with Crippen molar-refractivity contribution < 1.29 is 4.74 Å². The van der Waals surface area contributed by atoms with Gasteiger partial charge in [0.05, 0.1) is 22.4 Å². The van der Waals surface area contributed by atoms with Gasteiger partial charge in [-0.3, -0.25) is 0 Å². The molecule has 4 heterocycles. The molecule has 0 saturated heterocycles. The number of hydrogen-bond donors (Lipinski definition) is 0. The van der Waals surface area contributed by atoms with Crippen LogP contribution in [0, 0.1) is 13.8 Å². The first kappa shape index (κ1) is 22.5. The van der Waals surface area contributed by atoms with Gasteiger partial charge in [0, 0.05) is 22.0 Å². The number of ether oxygens (including phenoxy) is 1. The van der Waals surface area contributed by atoms with Crippen LogP contribution in [0.3, 0.4) is 0 Å². The number of nitrogens with zero attached hydrogens (tertiary/aromatic N) is 2. The topological polar surface area (TPSA) is 17.4 Å². The molecule has 0 amide bonds. The van der Waals surface area contributed by atoms with Crippen LogP contribution in [-0.2, 0) is 0 Å². The Labute approximate surface area is 244 Å². The highest BCUT2D eigenvalue weighted by Gasteiger charge is 2.46. The fourth-order valence-electron chi connectivity index (χ4n) is 8.01. The van der Waals surface area contributed by atoms with Gasteiger partial charge in [0.2, 0.25) is 0 Å². The Kier molecular flexibility index (Phi) is 4.14. The van der Waals surface area contributed by atoms with E-state index >= 15 is 0 Å². The summed E-state index contributed by atoms with van der Waals surface area (Å²) in [6.07, 6.45) is 0. The SMILES string of the molecule is Cc1cccc(C)c1-c1cc2c3c(c1)-n1c4ccccc4c4cccc(c41)B3N1c3ccccc3Oc3cccc-2c31. The molecule has 0 N–H and O–H groups in total. The normalized spacial score (nSPS) is 13.6. The van der Waals surface area contributed by atoms with E-state index in [0.29, 0.717) is 0 Å². The van der Waals surface area contributed by atoms with E-state index in [1.54, 1.807) is 0 Å². The zero-order valence-corrected chi connectivity index (χ0v) is 23.3. The fraction of sp³-hybridized carbons (Fsp3) is 0.0526. The molecule has 0 aliphatic carbocycles. The first-order valence-corrected chi connectivity index (χ1v) is 14.7. The maximum Gasteiger partial charge on any atom is 0.333 e. The van der Waals surface area contributed by atoms with Crippen molar-refractivity contribution >= 4 is 51.0 Å². The molecule has 3 nitrogen and oxygen atoms in total. The third-order valence-corrected chi connectivity index (χ3v) is 9.60. The maximum absolute atomic E-state index is 6.58. The highest BCUT2D eigenvalue weighted by Crippen LogP contribution is 2.54. The van der Waals surface area contributed by atoms with Crippen molar-refractivity contribution in [2.45, 2.75) is 13.8 Å². The van der Waals surface area contributed by atoms with E-state index < -0.39 is 0 Å². The van der Waals surface area contributed by atoms with Crippen LogP contribution < -0.4 is 20.5 Å². The van der Waals surface area contributed by atoms with Gasteiger partial charge in [-0.2, -0.15) is 0 Å². The molecule has 0 atom stereocenters. The van der Waals surface area contributed by atoms with Gasteiger partial charge in [0.25, 0.3) is 0 Å². The zero-order chi connectivity index (χ0) is 27.7. The molecule has 1 aromatic heterocycles. The summed E-state index contributed by atoms with van der Waals surface area (Å²) in [6.45, 7) is 4.47. The Morgan fingerprint density at radius 1 is 0.619 bits per heavy atom. The average Bonchev–Trinajstić information content (AvgIpc) is 3.36. The number of rotatable bonds is 1. The Morgan fingerprint density at radius 3 is 2.26 bits per heavy atom. The minimum absolute atomic E-state index is 0.0150. The molecule has 3 aliphatic heterocycles. The number of aromatic nitrogens is 1. The lowest BCUT2D eigenvalue weighted by Gasteiger charge is -2.45. The Morgan fingerprint density at radius 2 is 1.36 bits per heavy atom. The molecule has 7 aromatic rings. The first-order chi connectivity index (χ1) is 20.7. The van der Waals surface area contributed by atoms with Crippen LogP contribution in [0.1, 0.15) is 11.1 Å². The number of anilines is 2. The van der Waals surface area contributed by atoms with E-state index in [4.69, 9.17) is 4.74 Å². The molecule has 0 saturated carbocycles. The predicted molar refractivity (Wildman–Crippen MR) is 175 cm³/mol. The van der Waals surface area contributed by atoms with Crippen molar-refractivity contribution in [3.8, 4) is 39.4 Å². The molecule has 42 heavy (non-hydrogen) atoms. The minimum Gasteiger partial charge on any atom is -0.453 e. The van der Waals surface area contributed by atoms with Gasteiger partial charge in [0.1, 0.15) is 5.75 Å². The van der Waals surface area contributed by atoms with Crippen LogP contribution in [0.2, 0.25) is 0 Å². The van der Waals surface area contributed by atoms with Gasteiger partial charge in [-0.25, -0.2) is 0 Å². The first-order valence-electron chi connectivity index (χ1n) is 14.7. The van der Waals surface area contributed by atoms with E-state index in [2.05, 4.69) is 138 Å². The molecule has 0 spiro atoms. The third kappa shape index (κ3) is 2.63. The lowest BCUT2D eigenvalue weighted by Crippen LogP contribution is -2.61. The largest absolute Gasteiger partial charge is 0.453 e. The maximum atomic E-state index is 6.58. The number of benzene rings is 6. The van der Waals surface area contributed by atoms with Crippen LogP contribution in [0.25, 0.3) is 49.7 Å². The quantitative estimate of drug-likeness (QED) is 0.196. The molecule has 0 radical (unpaired) electrons. The van der Waals surface area contributed by atoms with Crippen molar-refractivity contribution in [3.05, 3.63) is 126 Å². The highest BCUT2D eigenvalue weighted by molar-refractivity contribution is 6.93. The van der Waals surface area contributed by atoms with Crippen molar-refractivity contribution in [1.82, 2.24) is 4.57 Å². The molecule has 0 bridgehead atoms. The van der Waals surface area contributed by atoms with E-state index in [1.165, 1.54) is 71.8 Å². The van der Waals surface area contributed by atoms with E-state index in [9.17, 15) is 0 Å². The number of fused-ring (bicyclic) bond motifs is 9. The minimum atomic E-state index is 0.0150. The Hall–Kier alpha value is -5.22. The molecular formula is C38H25BN2O. The van der Waals surface area contributed by atoms with Gasteiger partial charge < -0.3 is 14.1 Å². The third-order valence-electron chi connectivity index (χ3n) is 9.60. The Bertz CT molecular complexity index is 2310. The van der Waals surface area contributed by atoms with Gasteiger partial charge >= 0.3 is 6.85 Å². The predicted octanol–water partition coefficient (Wildman–Crippen LogP) is 8.41. The van der Waals surface area contributed by atoms with Gasteiger partial charge in [-0.1, -0.05) is 78.9 Å². The molecule has 196 valence electrons. The van der Waals surface area contributed by atoms with Gasteiger partial charge in [-0.05, 0) is 89.0 Å². The van der Waals surface area contributed by atoms with Crippen molar-refractivity contribution in [2.24, 2.45) is 0 Å². The summed E-state index contributed by atoms with van der Waals surface area (Å²) < 4.78 is 9.11. The molecule has 0 unspecified atom stereocenters. The van der Waals surface area contributed by atoms with Crippen molar-refractivity contribution in [2.75, 3.05) is 4.81 Å². The van der Waals surface area contributed by atoms with Crippen molar-refractivity contribution in [3.63, 3.8) is 0 Å². The van der Waals surface area contributed by atoms with E-state index in [1.807, 2.05) is 0 Å². The van der Waals surface area contributed by atoms with Crippen LogP contribution in [0.4, 0.5) is 11.4 Å². The summed E-state index contributed by atoms with van der Waals surface area (Å²) in [5.74, 6) is 1.81. The van der Waals surface area contributed by atoms with Gasteiger partial charge in [-0.15, -0.1) is 0 Å². The fourth-order valence-corrected chi connectivity index (χ4v) is 8.01. The standard InChI is InChI=1S/C38H25BN2O/c1-22-10-7-11-23(2)35(22)24-20-28-27-14-9-19-34-38(27)41(31-17-5-6-18-33(31)42-34)39-29-15-8-13-26-25-12-3-4-16-30(25)40(37(26)29)32(21-24)36(28)39/h3-21H,1-2H3. The molecule has 6 aromatic carbocycles. The van der Waals surface area contributed by atoms with E-state index in [-0.39, 0.29) is 6.85 Å². The van der Waals surface area contributed by atoms with Gasteiger partial charge in [0.15, 0.2) is 5.75 Å². The summed E-state index contributed by atoms with van der Waals surface area (Å²) in [7, 11) is 0. The smallest absolute Gasteiger partial charge is 0.333 e. The zero-order valence-electron chi connectivity index (χ0n) is 23.3. The monoisotopic (exact) mass is 536 g/mol. The number of para-hydroxylation sites is 5. The summed E-state index contributed by atoms with van der Waals surface area (Å²) >= 11 is 0. The second kappa shape index (κ2) is 7.74. The highest BCUT2D eigenvalue weighted by atomic mass is 16.5. The van der Waals surface area contributed by atoms with Crippen molar-refractivity contribution in [1.29, 1.82) is 0 Å². The van der Waals surface area contributed by atoms with Crippen LogP contribution >= 0.6 is 0 Å². The molecular weight excluding hydrogens is 511 g/mol. The van der Waals surface area contributed by atoms with Crippen LogP contribution in [-0.4, -0.2) is 11.4 Å². The number of aryl methyl sites for hydroxylation is 2. The second-order valence-electron chi connectivity index (χ2n) is 11.8. The second-order valence-corrected chi connectivity index (χ2v) is 11.8. The summed E-state index contributed by atoms with van der Waals surface area (Å²) in [6, 6.07) is 42.2. The lowest BCUT2D eigenvalue weighted by atomic mass is 9.43. The molecule has 3 aliphatic rings. The lowest BCUT2D eigenvalue weighted by molar-refractivity contribution is 0.478. The average molecular weight is 536 g/mol. The molecule has 10 rings (SSSR count).